The van der Waals surface area contributed by atoms with E-state index in [1.54, 1.807) is 0 Å². The molecule has 2 heteroatoms. The number of hydrogen-bond acceptors (Lipinski definition) is 2. The molecule has 2 aromatic rings. The number of anilines is 1. The minimum Gasteiger partial charge on any atom is -0.384 e. The van der Waals surface area contributed by atoms with Crippen LogP contribution in [-0.2, 0) is 6.42 Å². The lowest BCUT2D eigenvalue weighted by Crippen LogP contribution is -1.90. The first kappa shape index (κ1) is 8.98. The van der Waals surface area contributed by atoms with Gasteiger partial charge in [-0.15, -0.1) is 11.3 Å². The van der Waals surface area contributed by atoms with Gasteiger partial charge >= 0.3 is 0 Å². The normalized spacial score (nSPS) is 13.7. The van der Waals surface area contributed by atoms with Gasteiger partial charge in [0.15, 0.2) is 0 Å². The smallest absolute Gasteiger partial charge is 0.0380 e. The fourth-order valence-corrected chi connectivity index (χ4v) is 3.03. The highest BCUT2D eigenvalue weighted by atomic mass is 32.1. The molecular weight excluding hydrogens is 202 g/mol. The zero-order chi connectivity index (χ0) is 10.3. The molecule has 0 spiro atoms. The molecule has 15 heavy (non-hydrogen) atoms. The minimum atomic E-state index is 1.09. The monoisotopic (exact) mass is 215 g/mol. The first-order valence-corrected chi connectivity index (χ1v) is 6.14. The molecule has 0 saturated heterocycles. The van der Waals surface area contributed by atoms with Crippen molar-refractivity contribution in [2.75, 3.05) is 11.9 Å². The lowest BCUT2D eigenvalue weighted by Gasteiger charge is -2.04. The Hall–Kier alpha value is -1.28. The lowest BCUT2D eigenvalue weighted by molar-refractivity contribution is 1.11. The molecule has 1 N–H and O–H groups in total. The van der Waals surface area contributed by atoms with Crippen LogP contribution in [0.15, 0.2) is 29.6 Å². The van der Waals surface area contributed by atoms with Crippen LogP contribution in [0.1, 0.15) is 11.1 Å². The molecule has 1 nitrogen and oxygen atoms in total. The van der Waals surface area contributed by atoms with Crippen LogP contribution < -0.4 is 5.32 Å². The van der Waals surface area contributed by atoms with Crippen molar-refractivity contribution in [2.45, 2.75) is 13.3 Å². The Morgan fingerprint density at radius 3 is 3.00 bits per heavy atom. The summed E-state index contributed by atoms with van der Waals surface area (Å²) in [5.74, 6) is 0. The second-order valence-corrected chi connectivity index (χ2v) is 4.90. The molecule has 0 fully saturated rings. The first-order chi connectivity index (χ1) is 7.34. The van der Waals surface area contributed by atoms with Gasteiger partial charge in [0.1, 0.15) is 0 Å². The van der Waals surface area contributed by atoms with Gasteiger partial charge in [-0.3, -0.25) is 0 Å². The van der Waals surface area contributed by atoms with Gasteiger partial charge in [0.05, 0.1) is 0 Å². The molecule has 0 atom stereocenters. The van der Waals surface area contributed by atoms with Gasteiger partial charge in [0.2, 0.25) is 0 Å². The van der Waals surface area contributed by atoms with Crippen LogP contribution in [0, 0.1) is 6.92 Å². The molecule has 1 aromatic carbocycles. The Morgan fingerprint density at radius 2 is 2.20 bits per heavy atom. The third-order valence-electron chi connectivity index (χ3n) is 2.94. The summed E-state index contributed by atoms with van der Waals surface area (Å²) in [6.45, 7) is 3.26. The fraction of sp³-hybridized carbons (Fsp3) is 0.231. The van der Waals surface area contributed by atoms with Crippen molar-refractivity contribution >= 4 is 17.0 Å². The van der Waals surface area contributed by atoms with Crippen molar-refractivity contribution in [2.24, 2.45) is 0 Å². The second kappa shape index (κ2) is 3.38. The number of nitrogens with one attached hydrogen (secondary N) is 1. The molecule has 1 aliphatic rings. The minimum absolute atomic E-state index is 1.09. The van der Waals surface area contributed by atoms with E-state index in [2.05, 4.69) is 41.9 Å². The highest BCUT2D eigenvalue weighted by Gasteiger charge is 2.11. The maximum Gasteiger partial charge on any atom is 0.0380 e. The average Bonchev–Trinajstić information content (AvgIpc) is 2.84. The standard InChI is InChI=1S/C13H13NS/c1-9-5-7-15-13(9)11-3-2-10-4-6-14-12(10)8-11/h2-3,5,7-8,14H,4,6H2,1H3. The van der Waals surface area contributed by atoms with Crippen molar-refractivity contribution in [1.29, 1.82) is 0 Å². The van der Waals surface area contributed by atoms with Crippen LogP contribution in [0.5, 0.6) is 0 Å². The van der Waals surface area contributed by atoms with E-state index in [1.807, 2.05) is 11.3 Å². The molecule has 0 aliphatic carbocycles. The van der Waals surface area contributed by atoms with Crippen molar-refractivity contribution in [3.8, 4) is 10.4 Å². The summed E-state index contributed by atoms with van der Waals surface area (Å²) < 4.78 is 0. The fourth-order valence-electron chi connectivity index (χ4n) is 2.10. The summed E-state index contributed by atoms with van der Waals surface area (Å²) in [6.07, 6.45) is 1.17. The van der Waals surface area contributed by atoms with Crippen LogP contribution in [-0.4, -0.2) is 6.54 Å². The van der Waals surface area contributed by atoms with Crippen LogP contribution >= 0.6 is 11.3 Å². The van der Waals surface area contributed by atoms with E-state index < -0.39 is 0 Å². The number of aryl methyl sites for hydroxylation is 1. The Bertz CT molecular complexity index is 499. The predicted octanol–water partition coefficient (Wildman–Crippen LogP) is 3.69. The maximum absolute atomic E-state index is 3.43. The van der Waals surface area contributed by atoms with E-state index in [9.17, 15) is 0 Å². The van der Waals surface area contributed by atoms with Gasteiger partial charge in [-0.2, -0.15) is 0 Å². The SMILES string of the molecule is Cc1ccsc1-c1ccc2c(c1)NCC2. The molecule has 76 valence electrons. The molecule has 0 radical (unpaired) electrons. The molecule has 0 saturated carbocycles. The summed E-state index contributed by atoms with van der Waals surface area (Å²) >= 11 is 1.82. The summed E-state index contributed by atoms with van der Waals surface area (Å²) in [4.78, 5) is 1.39. The maximum atomic E-state index is 3.43. The van der Waals surface area contributed by atoms with Crippen molar-refractivity contribution in [3.05, 3.63) is 40.8 Å². The number of benzene rings is 1. The summed E-state index contributed by atoms with van der Waals surface area (Å²) in [7, 11) is 0. The van der Waals surface area contributed by atoms with Crippen molar-refractivity contribution in [1.82, 2.24) is 0 Å². The van der Waals surface area contributed by atoms with Gasteiger partial charge < -0.3 is 5.32 Å². The first-order valence-electron chi connectivity index (χ1n) is 5.26. The van der Waals surface area contributed by atoms with Crippen LogP contribution in [0.2, 0.25) is 0 Å². The summed E-state index contributed by atoms with van der Waals surface area (Å²) in [6, 6.07) is 8.95. The van der Waals surface area contributed by atoms with Crippen LogP contribution in [0.4, 0.5) is 5.69 Å². The topological polar surface area (TPSA) is 12.0 Å². The lowest BCUT2D eigenvalue weighted by atomic mass is 10.1. The third-order valence-corrected chi connectivity index (χ3v) is 4.01. The van der Waals surface area contributed by atoms with Gasteiger partial charge in [0.25, 0.3) is 0 Å². The summed E-state index contributed by atoms with van der Waals surface area (Å²) in [5.41, 5.74) is 5.49. The second-order valence-electron chi connectivity index (χ2n) is 3.98. The summed E-state index contributed by atoms with van der Waals surface area (Å²) in [5, 5.41) is 5.58. The highest BCUT2D eigenvalue weighted by Crippen LogP contribution is 2.33. The van der Waals surface area contributed by atoms with Gasteiger partial charge in [0, 0.05) is 17.1 Å². The van der Waals surface area contributed by atoms with E-state index in [0.717, 1.165) is 6.54 Å². The molecular formula is C13H13NS. The van der Waals surface area contributed by atoms with Crippen molar-refractivity contribution in [3.63, 3.8) is 0 Å². The molecule has 2 heterocycles. The Kier molecular flexibility index (Phi) is 2.03. The zero-order valence-electron chi connectivity index (χ0n) is 8.71. The van der Waals surface area contributed by atoms with Crippen LogP contribution in [0.25, 0.3) is 10.4 Å². The van der Waals surface area contributed by atoms with E-state index in [-0.39, 0.29) is 0 Å². The number of rotatable bonds is 1. The predicted molar refractivity (Wildman–Crippen MR) is 66.7 cm³/mol. The van der Waals surface area contributed by atoms with Gasteiger partial charge in [-0.25, -0.2) is 0 Å². The molecule has 0 amide bonds. The van der Waals surface area contributed by atoms with Crippen molar-refractivity contribution < 1.29 is 0 Å². The number of thiophene rings is 1. The van der Waals surface area contributed by atoms with Crippen LogP contribution in [0.3, 0.4) is 0 Å². The average molecular weight is 215 g/mol. The molecule has 3 rings (SSSR count). The van der Waals surface area contributed by atoms with E-state index in [1.165, 1.54) is 33.7 Å². The van der Waals surface area contributed by atoms with E-state index in [4.69, 9.17) is 0 Å². The Labute approximate surface area is 93.8 Å². The largest absolute Gasteiger partial charge is 0.384 e. The van der Waals surface area contributed by atoms with Gasteiger partial charge in [-0.05, 0) is 47.5 Å². The number of hydrogen-bond donors (Lipinski definition) is 1. The van der Waals surface area contributed by atoms with E-state index in [0.29, 0.717) is 0 Å². The molecule has 1 aromatic heterocycles. The molecule has 0 bridgehead atoms. The highest BCUT2D eigenvalue weighted by molar-refractivity contribution is 7.13. The molecule has 1 aliphatic heterocycles. The third kappa shape index (κ3) is 1.45. The van der Waals surface area contributed by atoms with E-state index >= 15 is 0 Å². The zero-order valence-corrected chi connectivity index (χ0v) is 9.53. The molecule has 0 unspecified atom stereocenters. The Morgan fingerprint density at radius 1 is 1.27 bits per heavy atom. The quantitative estimate of drug-likeness (QED) is 0.765. The number of fused-ring (bicyclic) bond motifs is 1. The Balaban J connectivity index is 2.11. The van der Waals surface area contributed by atoms with Gasteiger partial charge in [-0.1, -0.05) is 12.1 Å².